The van der Waals surface area contributed by atoms with E-state index in [1.807, 2.05) is 0 Å². The zero-order valence-electron chi connectivity index (χ0n) is 9.75. The molecular weight excluding hydrogens is 252 g/mol. The van der Waals surface area contributed by atoms with E-state index in [0.717, 1.165) is 12.1 Å². The maximum Gasteiger partial charge on any atom is 0.419 e. The Labute approximate surface area is 101 Å². The highest BCUT2D eigenvalue weighted by Gasteiger charge is 2.37. The summed E-state index contributed by atoms with van der Waals surface area (Å²) in [6, 6.07) is 2.68. The minimum Gasteiger partial charge on any atom is -0.481 e. The van der Waals surface area contributed by atoms with Gasteiger partial charge in [-0.25, -0.2) is 4.39 Å². The minimum atomic E-state index is -4.83. The van der Waals surface area contributed by atoms with Crippen LogP contribution in [0.2, 0.25) is 0 Å². The van der Waals surface area contributed by atoms with Crippen LogP contribution in [0.25, 0.3) is 0 Å². The third-order valence-electron chi connectivity index (χ3n) is 2.60. The van der Waals surface area contributed by atoms with E-state index in [4.69, 9.17) is 5.11 Å². The normalized spacial score (nSPS) is 13.7. The summed E-state index contributed by atoms with van der Waals surface area (Å²) in [7, 11) is 0. The van der Waals surface area contributed by atoms with Gasteiger partial charge in [-0.2, -0.15) is 13.2 Å². The molecule has 0 saturated carbocycles. The van der Waals surface area contributed by atoms with Gasteiger partial charge in [0.1, 0.15) is 5.82 Å². The molecule has 0 spiro atoms. The summed E-state index contributed by atoms with van der Waals surface area (Å²) in [6.07, 6.45) is -4.83. The van der Waals surface area contributed by atoms with Crippen molar-refractivity contribution in [1.82, 2.24) is 0 Å². The molecule has 0 bridgehead atoms. The van der Waals surface area contributed by atoms with E-state index < -0.39 is 40.9 Å². The van der Waals surface area contributed by atoms with Crippen LogP contribution in [0.4, 0.5) is 17.6 Å². The molecule has 2 nitrogen and oxygen atoms in total. The summed E-state index contributed by atoms with van der Waals surface area (Å²) in [5.41, 5.74) is -1.88. The van der Waals surface area contributed by atoms with Gasteiger partial charge in [-0.05, 0) is 12.0 Å². The number of hydrogen-bond acceptors (Lipinski definition) is 1. The largest absolute Gasteiger partial charge is 0.481 e. The number of carbonyl (C=O) groups is 1. The second kappa shape index (κ2) is 4.96. The monoisotopic (exact) mass is 264 g/mol. The summed E-state index contributed by atoms with van der Waals surface area (Å²) >= 11 is 0. The first-order chi connectivity index (χ1) is 8.16. The summed E-state index contributed by atoms with van der Waals surface area (Å²) in [6.45, 7) is 3.02. The predicted molar refractivity (Wildman–Crippen MR) is 56.6 cm³/mol. The highest BCUT2D eigenvalue weighted by atomic mass is 19.4. The molecule has 0 aromatic heterocycles. The van der Waals surface area contributed by atoms with E-state index in [1.54, 1.807) is 0 Å². The Balaban J connectivity index is 3.38. The average Bonchev–Trinajstić information content (AvgIpc) is 2.17. The van der Waals surface area contributed by atoms with Gasteiger partial charge >= 0.3 is 12.1 Å². The lowest BCUT2D eigenvalue weighted by Gasteiger charge is -2.19. The number of aliphatic carboxylic acids is 1. The lowest BCUT2D eigenvalue weighted by molar-refractivity contribution is -0.142. The number of rotatable bonds is 3. The number of benzene rings is 1. The molecule has 1 atom stereocenters. The average molecular weight is 264 g/mol. The lowest BCUT2D eigenvalue weighted by Crippen LogP contribution is -2.20. The van der Waals surface area contributed by atoms with Crippen LogP contribution in [0.15, 0.2) is 18.2 Å². The van der Waals surface area contributed by atoms with Crippen LogP contribution in [0.1, 0.15) is 30.9 Å². The van der Waals surface area contributed by atoms with Gasteiger partial charge in [0.2, 0.25) is 0 Å². The molecule has 0 fully saturated rings. The zero-order chi connectivity index (χ0) is 14.1. The number of hydrogen-bond donors (Lipinski definition) is 1. The molecule has 0 aliphatic carbocycles. The third kappa shape index (κ3) is 2.80. The highest BCUT2D eigenvalue weighted by molar-refractivity contribution is 5.76. The van der Waals surface area contributed by atoms with Gasteiger partial charge < -0.3 is 5.11 Å². The Morgan fingerprint density at radius 2 is 1.83 bits per heavy atom. The number of halogens is 4. The smallest absolute Gasteiger partial charge is 0.419 e. The van der Waals surface area contributed by atoms with Crippen LogP contribution in [0.3, 0.4) is 0 Å². The van der Waals surface area contributed by atoms with Crippen molar-refractivity contribution in [2.75, 3.05) is 0 Å². The fourth-order valence-electron chi connectivity index (χ4n) is 1.79. The van der Waals surface area contributed by atoms with E-state index in [2.05, 4.69) is 0 Å². The van der Waals surface area contributed by atoms with Crippen LogP contribution in [0, 0.1) is 11.7 Å². The first-order valence-corrected chi connectivity index (χ1v) is 5.24. The molecule has 0 radical (unpaired) electrons. The van der Waals surface area contributed by atoms with Gasteiger partial charge in [0, 0.05) is 5.56 Å². The third-order valence-corrected chi connectivity index (χ3v) is 2.60. The second-order valence-corrected chi connectivity index (χ2v) is 4.27. The molecule has 100 valence electrons. The SMILES string of the molecule is CC(C)C(C(=O)O)c1cccc(C(F)(F)F)c1F. The van der Waals surface area contributed by atoms with Crippen molar-refractivity contribution in [3.8, 4) is 0 Å². The molecule has 0 heterocycles. The Morgan fingerprint density at radius 3 is 2.22 bits per heavy atom. The van der Waals surface area contributed by atoms with Gasteiger partial charge in [0.05, 0.1) is 11.5 Å². The summed E-state index contributed by atoms with van der Waals surface area (Å²) in [4.78, 5) is 11.0. The molecule has 0 saturated heterocycles. The fourth-order valence-corrected chi connectivity index (χ4v) is 1.79. The van der Waals surface area contributed by atoms with Gasteiger partial charge in [0.25, 0.3) is 0 Å². The molecule has 1 aromatic carbocycles. The summed E-state index contributed by atoms with van der Waals surface area (Å²) < 4.78 is 51.3. The molecule has 0 aliphatic rings. The van der Waals surface area contributed by atoms with E-state index >= 15 is 0 Å². The second-order valence-electron chi connectivity index (χ2n) is 4.27. The van der Waals surface area contributed by atoms with Crippen LogP contribution in [-0.2, 0) is 11.0 Å². The van der Waals surface area contributed by atoms with Crippen molar-refractivity contribution in [3.63, 3.8) is 0 Å². The Bertz CT molecular complexity index is 452. The first-order valence-electron chi connectivity index (χ1n) is 5.24. The fraction of sp³-hybridized carbons (Fsp3) is 0.417. The Hall–Kier alpha value is -1.59. The van der Waals surface area contributed by atoms with E-state index in [9.17, 15) is 22.4 Å². The van der Waals surface area contributed by atoms with Crippen molar-refractivity contribution in [2.45, 2.75) is 25.9 Å². The predicted octanol–water partition coefficient (Wildman–Crippen LogP) is 3.67. The number of alkyl halides is 3. The number of carboxylic acids is 1. The summed E-state index contributed by atoms with van der Waals surface area (Å²) in [5.74, 6) is -4.66. The standard InChI is InChI=1S/C12H12F4O2/c1-6(2)9(11(17)18)7-4-3-5-8(10(7)13)12(14,15)16/h3-6,9H,1-2H3,(H,17,18). The molecule has 1 unspecified atom stereocenters. The van der Waals surface area contributed by atoms with E-state index in [-0.39, 0.29) is 0 Å². The van der Waals surface area contributed by atoms with Gasteiger partial charge in [-0.3, -0.25) is 4.79 Å². The van der Waals surface area contributed by atoms with E-state index in [0.29, 0.717) is 6.07 Å². The highest BCUT2D eigenvalue weighted by Crippen LogP contribution is 2.36. The van der Waals surface area contributed by atoms with Crippen molar-refractivity contribution >= 4 is 5.97 Å². The van der Waals surface area contributed by atoms with Crippen LogP contribution in [-0.4, -0.2) is 11.1 Å². The maximum atomic E-state index is 13.8. The maximum absolute atomic E-state index is 13.8. The quantitative estimate of drug-likeness (QED) is 0.846. The molecule has 1 N–H and O–H groups in total. The van der Waals surface area contributed by atoms with Crippen molar-refractivity contribution in [2.24, 2.45) is 5.92 Å². The number of carboxylic acid groups (broad SMARTS) is 1. The molecule has 0 aliphatic heterocycles. The van der Waals surface area contributed by atoms with Crippen molar-refractivity contribution in [1.29, 1.82) is 0 Å². The topological polar surface area (TPSA) is 37.3 Å². The summed E-state index contributed by atoms with van der Waals surface area (Å²) in [5, 5.41) is 8.97. The molecule has 6 heteroatoms. The molecule has 18 heavy (non-hydrogen) atoms. The van der Waals surface area contributed by atoms with Gasteiger partial charge in [-0.1, -0.05) is 26.0 Å². The Kier molecular flexibility index (Phi) is 3.98. The van der Waals surface area contributed by atoms with Crippen molar-refractivity contribution in [3.05, 3.63) is 35.1 Å². The van der Waals surface area contributed by atoms with Crippen LogP contribution >= 0.6 is 0 Å². The van der Waals surface area contributed by atoms with Crippen molar-refractivity contribution < 1.29 is 27.5 Å². The molecule has 1 rings (SSSR count). The Morgan fingerprint density at radius 1 is 1.28 bits per heavy atom. The molecule has 0 amide bonds. The lowest BCUT2D eigenvalue weighted by atomic mass is 9.87. The molecular formula is C12H12F4O2. The van der Waals surface area contributed by atoms with Gasteiger partial charge in [-0.15, -0.1) is 0 Å². The minimum absolute atomic E-state index is 0.438. The zero-order valence-corrected chi connectivity index (χ0v) is 9.75. The van der Waals surface area contributed by atoms with Gasteiger partial charge in [0.15, 0.2) is 0 Å². The first kappa shape index (κ1) is 14.5. The molecule has 1 aromatic rings. The van der Waals surface area contributed by atoms with Crippen LogP contribution < -0.4 is 0 Å². The van der Waals surface area contributed by atoms with Crippen LogP contribution in [0.5, 0.6) is 0 Å². The van der Waals surface area contributed by atoms with E-state index in [1.165, 1.54) is 13.8 Å².